The summed E-state index contributed by atoms with van der Waals surface area (Å²) in [6.45, 7) is 6.48. The third kappa shape index (κ3) is 24.7. The molecule has 0 unspecified atom stereocenters. The van der Waals surface area contributed by atoms with Gasteiger partial charge in [0.05, 0.1) is 79.4 Å². The SMILES string of the molecule is C[C@@H]1[C@H](O)[C@@H](C)/C=C/C=C/C=C/C=C/C=C/C=C/C=C/[C@H](O[C@@H]2O[C@H](C)[C@@H](O)[C@H](NC(=O)[C@H](CCCCNC(=O)OCC3c4ccccc4-c4ccccc43)NC(=O)OCC3c4ccccc4-c4ccccc43)[C@@H]2O)C[C@@H]2O[C@](O)(C[C@@H](O)[C@H](O)CC[C@@H](O)C[C@@H](O)C[C@@H](O)CC(=O)O[C@H]1C)C[C@H](O)[C@H]2C(=O)NCCCO. The Bertz CT molecular complexity index is 3850. The number of ether oxygens (including phenoxy) is 6. The van der Waals surface area contributed by atoms with E-state index >= 15 is 0 Å². The van der Waals surface area contributed by atoms with Gasteiger partial charge in [0.2, 0.25) is 11.8 Å². The zero-order chi connectivity index (χ0) is 80.4. The number of fused-ring (bicyclic) bond motifs is 8. The average Bonchev–Trinajstić information content (AvgIpc) is 1.50. The summed E-state index contributed by atoms with van der Waals surface area (Å²) in [5.41, 5.74) is 8.17. The third-order valence-corrected chi connectivity index (χ3v) is 21.4. The first kappa shape index (κ1) is 87.4. The second-order valence-electron chi connectivity index (χ2n) is 29.8. The highest BCUT2D eigenvalue weighted by molar-refractivity contribution is 5.86. The summed E-state index contributed by atoms with van der Waals surface area (Å²) in [5.74, 6) is -7.60. The van der Waals surface area contributed by atoms with Crippen LogP contribution in [-0.4, -0.2) is 223 Å². The number of rotatable bonds is 18. The zero-order valence-electron chi connectivity index (χ0n) is 63.9. The lowest BCUT2D eigenvalue weighted by Crippen LogP contribution is -2.65. The highest BCUT2D eigenvalue weighted by atomic mass is 16.7. The van der Waals surface area contributed by atoms with Crippen LogP contribution in [0, 0.1) is 17.8 Å². The van der Waals surface area contributed by atoms with E-state index in [-0.39, 0.29) is 95.6 Å². The van der Waals surface area contributed by atoms with Crippen LogP contribution in [0.5, 0.6) is 0 Å². The number of hydrogen-bond donors (Lipinski definition) is 15. The molecule has 15 N–H and O–H groups in total. The summed E-state index contributed by atoms with van der Waals surface area (Å²) >= 11 is 0. The number of carbonyl (C=O) groups excluding carboxylic acids is 5. The molecule has 4 aromatic carbocycles. The molecule has 2 aliphatic carbocycles. The zero-order valence-corrected chi connectivity index (χ0v) is 63.9. The standard InChI is InChI=1S/C86H112N4O22/c1-52-28-15-13-11-9-7-5-6-8-10-12-14-16-29-59(47-74-76(82(103)87-42-27-43-91)73(97)49-86(106,112-74)48-72(96)71(95)40-39-56(92)44-57(93)45-58(94)46-75(98)109-54(3)53(2)78(52)99)111-83-80(101)77(79(100)55(4)110-83)90-81(102)70(89-85(105)108-51-69-66-36-23-19-32-62(66)63-33-20-24-37-67(63)69)38-25-26-41-88-84(104)107-50-68-64-34-21-17-30-60(64)61-31-18-22-35-65(61)68/h5-24,28-37,52-59,68-74,76-80,83,91-97,99-101,106H,25-27,38-51H2,1-4H3,(H,87,103)(H,88,104)(H,89,105)(H,90,102)/b6-5+,9-7+,10-8+,13-11+,14-12+,28-15+,29-16+/t52-,53-,54-,55+,56+,57+,58+,59-,70-,71+,72+,73-,74-,76+,77-,78+,79+,80-,83-,86+/m0/s1. The van der Waals surface area contributed by atoms with Crippen molar-refractivity contribution in [2.24, 2.45) is 17.8 Å². The minimum absolute atomic E-state index is 0.0224. The lowest BCUT2D eigenvalue weighted by Gasteiger charge is -2.46. The minimum atomic E-state index is -2.46. The molecule has 26 nitrogen and oxygen atoms in total. The topological polar surface area (TPSA) is 411 Å². The van der Waals surface area contributed by atoms with Gasteiger partial charge in [-0.2, -0.15) is 0 Å². The van der Waals surface area contributed by atoms with Gasteiger partial charge in [-0.3, -0.25) is 14.4 Å². The Kier molecular flexibility index (Phi) is 33.6. The Morgan fingerprint density at radius 2 is 1.05 bits per heavy atom. The monoisotopic (exact) mass is 1550 g/mol. The quantitative estimate of drug-likeness (QED) is 0.0273. The summed E-state index contributed by atoms with van der Waals surface area (Å²) in [6, 6.07) is 28.6. The molecule has 5 aliphatic rings. The van der Waals surface area contributed by atoms with Crippen molar-refractivity contribution in [1.82, 2.24) is 21.3 Å². The molecule has 2 bridgehead atoms. The smallest absolute Gasteiger partial charge is 0.407 e. The second-order valence-corrected chi connectivity index (χ2v) is 29.8. The molecule has 26 heteroatoms. The summed E-state index contributed by atoms with van der Waals surface area (Å²) in [4.78, 5) is 69.2. The van der Waals surface area contributed by atoms with E-state index in [2.05, 4.69) is 21.3 Å². The summed E-state index contributed by atoms with van der Waals surface area (Å²) in [7, 11) is 0. The number of allylic oxidation sites excluding steroid dienone is 12. The molecular weight excluding hydrogens is 1440 g/mol. The number of hydrogen-bond acceptors (Lipinski definition) is 22. The maximum absolute atomic E-state index is 14.9. The number of nitrogens with one attached hydrogen (secondary N) is 4. The van der Waals surface area contributed by atoms with E-state index in [1.807, 2.05) is 110 Å². The molecule has 4 amide bonds. The summed E-state index contributed by atoms with van der Waals surface area (Å²) in [5, 5.41) is 135. The molecule has 0 spiro atoms. The Labute approximate surface area is 654 Å². The Morgan fingerprint density at radius 3 is 1.62 bits per heavy atom. The molecule has 20 atom stereocenters. The number of unbranched alkanes of at least 4 members (excludes halogenated alkanes) is 1. The van der Waals surface area contributed by atoms with Gasteiger partial charge in [0, 0.05) is 62.6 Å². The van der Waals surface area contributed by atoms with Gasteiger partial charge in [0.1, 0.15) is 37.6 Å². The van der Waals surface area contributed by atoms with E-state index < -0.39 is 171 Å². The highest BCUT2D eigenvalue weighted by Gasteiger charge is 2.52. The molecule has 608 valence electrons. The van der Waals surface area contributed by atoms with Crippen LogP contribution >= 0.6 is 0 Å². The van der Waals surface area contributed by atoms with E-state index in [1.165, 1.54) is 13.0 Å². The first-order valence-electron chi connectivity index (χ1n) is 38.9. The molecule has 2 saturated heterocycles. The van der Waals surface area contributed by atoms with Crippen molar-refractivity contribution in [1.29, 1.82) is 0 Å². The number of benzene rings is 4. The Morgan fingerprint density at radius 1 is 0.545 bits per heavy atom. The molecule has 2 fully saturated rings. The van der Waals surface area contributed by atoms with Gasteiger partial charge in [-0.1, -0.05) is 196 Å². The first-order chi connectivity index (χ1) is 53.8. The lowest BCUT2D eigenvalue weighted by atomic mass is 9.82. The van der Waals surface area contributed by atoms with Crippen LogP contribution < -0.4 is 21.3 Å². The lowest BCUT2D eigenvalue weighted by molar-refractivity contribution is -0.309. The fourth-order valence-electron chi connectivity index (χ4n) is 15.2. The number of aliphatic hydroxyl groups is 11. The first-order valence-corrected chi connectivity index (χ1v) is 38.9. The summed E-state index contributed by atoms with van der Waals surface area (Å²) in [6.07, 6.45) is -0.00114. The van der Waals surface area contributed by atoms with Gasteiger partial charge in [0.15, 0.2) is 12.1 Å². The van der Waals surface area contributed by atoms with E-state index in [1.54, 1.807) is 86.8 Å². The van der Waals surface area contributed by atoms with Crippen LogP contribution in [-0.2, 0) is 42.8 Å². The van der Waals surface area contributed by atoms with Crippen molar-refractivity contribution in [3.63, 3.8) is 0 Å². The van der Waals surface area contributed by atoms with Crippen LogP contribution in [0.15, 0.2) is 182 Å². The molecule has 3 aliphatic heterocycles. The molecule has 4 aromatic rings. The van der Waals surface area contributed by atoms with Gasteiger partial charge in [0.25, 0.3) is 0 Å². The number of carbonyl (C=O) groups is 5. The van der Waals surface area contributed by atoms with Crippen molar-refractivity contribution in [2.75, 3.05) is 32.9 Å². The van der Waals surface area contributed by atoms with Crippen LogP contribution in [0.1, 0.15) is 139 Å². The van der Waals surface area contributed by atoms with Crippen LogP contribution in [0.4, 0.5) is 9.59 Å². The second kappa shape index (κ2) is 43.1. The highest BCUT2D eigenvalue weighted by Crippen LogP contribution is 2.46. The number of aliphatic hydroxyl groups excluding tert-OH is 10. The van der Waals surface area contributed by atoms with Crippen molar-refractivity contribution in [3.8, 4) is 22.3 Å². The molecule has 0 saturated carbocycles. The maximum atomic E-state index is 14.9. The molecule has 0 radical (unpaired) electrons. The number of amides is 4. The van der Waals surface area contributed by atoms with Gasteiger partial charge >= 0.3 is 18.2 Å². The van der Waals surface area contributed by atoms with Crippen molar-refractivity contribution in [2.45, 2.75) is 220 Å². The molecule has 9 rings (SSSR count). The molecule has 112 heavy (non-hydrogen) atoms. The maximum Gasteiger partial charge on any atom is 0.407 e. The number of esters is 1. The van der Waals surface area contributed by atoms with Crippen molar-refractivity contribution in [3.05, 3.63) is 204 Å². The van der Waals surface area contributed by atoms with E-state index in [0.29, 0.717) is 6.42 Å². The van der Waals surface area contributed by atoms with Gasteiger partial charge < -0.3 is 106 Å². The largest absolute Gasteiger partial charge is 0.462 e. The van der Waals surface area contributed by atoms with E-state index in [9.17, 15) is 80.1 Å². The van der Waals surface area contributed by atoms with E-state index in [4.69, 9.17) is 28.4 Å². The molecule has 0 aromatic heterocycles. The third-order valence-electron chi connectivity index (χ3n) is 21.4. The Hall–Kier alpha value is -8.55. The van der Waals surface area contributed by atoms with Crippen LogP contribution in [0.2, 0.25) is 0 Å². The van der Waals surface area contributed by atoms with Crippen LogP contribution in [0.3, 0.4) is 0 Å². The van der Waals surface area contributed by atoms with E-state index in [0.717, 1.165) is 44.5 Å². The van der Waals surface area contributed by atoms with Gasteiger partial charge in [-0.25, -0.2) is 9.59 Å². The number of alkyl carbamates (subject to hydrolysis) is 2. The normalized spacial score (nSPS) is 32.2. The predicted octanol–water partition coefficient (Wildman–Crippen LogP) is 6.90. The average molecular weight is 1550 g/mol. The molecule has 3 heterocycles. The summed E-state index contributed by atoms with van der Waals surface area (Å²) < 4.78 is 36.3. The van der Waals surface area contributed by atoms with Gasteiger partial charge in [-0.15, -0.1) is 0 Å². The Balaban J connectivity index is 0.926. The van der Waals surface area contributed by atoms with Crippen molar-refractivity contribution >= 4 is 30.0 Å². The predicted molar refractivity (Wildman–Crippen MR) is 417 cm³/mol. The molecular formula is C86H112N4O22. The van der Waals surface area contributed by atoms with Gasteiger partial charge in [-0.05, 0) is 110 Å². The number of cyclic esters (lactones) is 1. The minimum Gasteiger partial charge on any atom is -0.462 e. The van der Waals surface area contributed by atoms with Crippen molar-refractivity contribution < 1.29 is 109 Å². The fourth-order valence-corrected chi connectivity index (χ4v) is 15.2. The fraction of sp³-hybridized carbons (Fsp3) is 0.500. The van der Waals surface area contributed by atoms with Crippen LogP contribution in [0.25, 0.3) is 22.3 Å².